The van der Waals surface area contributed by atoms with Crippen LogP contribution >= 0.6 is 0 Å². The van der Waals surface area contributed by atoms with Crippen molar-refractivity contribution in [3.05, 3.63) is 95.1 Å². The van der Waals surface area contributed by atoms with E-state index < -0.39 is 5.97 Å². The van der Waals surface area contributed by atoms with E-state index in [0.717, 1.165) is 23.3 Å². The second-order valence-electron chi connectivity index (χ2n) is 6.90. The summed E-state index contributed by atoms with van der Waals surface area (Å²) in [6, 6.07) is 20.9. The number of rotatable bonds is 8. The third-order valence-corrected chi connectivity index (χ3v) is 4.31. The van der Waals surface area contributed by atoms with Gasteiger partial charge in [-0.15, -0.1) is 0 Å². The SMILES string of the molecule is CCCOc1ccc(C(=O)N/N=C/c2ccc(OC(=O)c3cccc(C)c3)cc2)cc1. The van der Waals surface area contributed by atoms with Crippen molar-refractivity contribution in [3.8, 4) is 11.5 Å². The highest BCUT2D eigenvalue weighted by Gasteiger charge is 2.08. The molecule has 0 unspecified atom stereocenters. The second kappa shape index (κ2) is 10.7. The molecule has 0 aromatic heterocycles. The maximum atomic E-state index is 12.2. The Hall–Kier alpha value is -3.93. The number of hydrazone groups is 1. The first-order valence-electron chi connectivity index (χ1n) is 10.0. The van der Waals surface area contributed by atoms with Crippen molar-refractivity contribution in [2.75, 3.05) is 6.61 Å². The summed E-state index contributed by atoms with van der Waals surface area (Å²) in [5, 5.41) is 3.97. The van der Waals surface area contributed by atoms with E-state index in [1.807, 2.05) is 26.0 Å². The van der Waals surface area contributed by atoms with Gasteiger partial charge in [0.2, 0.25) is 0 Å². The Labute approximate surface area is 181 Å². The minimum Gasteiger partial charge on any atom is -0.494 e. The Morgan fingerprint density at radius 1 is 0.935 bits per heavy atom. The average molecular weight is 416 g/mol. The highest BCUT2D eigenvalue weighted by molar-refractivity contribution is 5.95. The summed E-state index contributed by atoms with van der Waals surface area (Å²) in [6.07, 6.45) is 2.44. The molecule has 0 heterocycles. The minimum atomic E-state index is -0.413. The molecule has 6 nitrogen and oxygen atoms in total. The topological polar surface area (TPSA) is 77.0 Å². The summed E-state index contributed by atoms with van der Waals surface area (Å²) < 4.78 is 10.9. The Bertz CT molecular complexity index is 1060. The van der Waals surface area contributed by atoms with Gasteiger partial charge in [-0.05, 0) is 79.6 Å². The highest BCUT2D eigenvalue weighted by Crippen LogP contribution is 2.15. The molecule has 6 heteroatoms. The third kappa shape index (κ3) is 6.54. The molecule has 0 aliphatic rings. The van der Waals surface area contributed by atoms with Gasteiger partial charge in [0.1, 0.15) is 11.5 Å². The highest BCUT2D eigenvalue weighted by atomic mass is 16.5. The molecule has 3 aromatic rings. The van der Waals surface area contributed by atoms with Crippen molar-refractivity contribution in [1.29, 1.82) is 0 Å². The van der Waals surface area contributed by atoms with Crippen LogP contribution in [0.15, 0.2) is 77.9 Å². The largest absolute Gasteiger partial charge is 0.494 e. The van der Waals surface area contributed by atoms with E-state index in [9.17, 15) is 9.59 Å². The molecular formula is C25H24N2O4. The van der Waals surface area contributed by atoms with Gasteiger partial charge in [0.15, 0.2) is 0 Å². The number of hydrogen-bond acceptors (Lipinski definition) is 5. The average Bonchev–Trinajstić information content (AvgIpc) is 2.79. The van der Waals surface area contributed by atoms with E-state index in [1.54, 1.807) is 60.7 Å². The number of carbonyl (C=O) groups excluding carboxylic acids is 2. The number of ether oxygens (including phenoxy) is 2. The molecule has 0 atom stereocenters. The van der Waals surface area contributed by atoms with Gasteiger partial charge in [0.05, 0.1) is 18.4 Å². The molecule has 0 aliphatic heterocycles. The molecule has 1 N–H and O–H groups in total. The van der Waals surface area contributed by atoms with Crippen LogP contribution in [0.1, 0.15) is 45.2 Å². The van der Waals surface area contributed by atoms with Gasteiger partial charge < -0.3 is 9.47 Å². The molecule has 31 heavy (non-hydrogen) atoms. The van der Waals surface area contributed by atoms with Crippen LogP contribution in [0.3, 0.4) is 0 Å². The lowest BCUT2D eigenvalue weighted by molar-refractivity contribution is 0.0734. The summed E-state index contributed by atoms with van der Waals surface area (Å²) in [5.74, 6) is 0.425. The zero-order valence-corrected chi connectivity index (χ0v) is 17.5. The number of aryl methyl sites for hydroxylation is 1. The zero-order valence-electron chi connectivity index (χ0n) is 17.5. The molecule has 3 rings (SSSR count). The lowest BCUT2D eigenvalue weighted by Gasteiger charge is -2.06. The van der Waals surface area contributed by atoms with Crippen molar-refractivity contribution in [2.24, 2.45) is 5.10 Å². The summed E-state index contributed by atoms with van der Waals surface area (Å²) >= 11 is 0. The quantitative estimate of drug-likeness (QED) is 0.248. The molecule has 3 aromatic carbocycles. The first-order valence-corrected chi connectivity index (χ1v) is 10.0. The van der Waals surface area contributed by atoms with Crippen LogP contribution in [0.5, 0.6) is 11.5 Å². The van der Waals surface area contributed by atoms with Crippen LogP contribution in [0.4, 0.5) is 0 Å². The van der Waals surface area contributed by atoms with Gasteiger partial charge in [0.25, 0.3) is 5.91 Å². The second-order valence-corrected chi connectivity index (χ2v) is 6.90. The molecular weight excluding hydrogens is 392 g/mol. The van der Waals surface area contributed by atoms with Gasteiger partial charge in [0, 0.05) is 5.56 Å². The minimum absolute atomic E-state index is 0.318. The molecule has 0 saturated heterocycles. The van der Waals surface area contributed by atoms with Gasteiger partial charge in [-0.2, -0.15) is 5.10 Å². The van der Waals surface area contributed by atoms with Gasteiger partial charge in [-0.3, -0.25) is 4.79 Å². The summed E-state index contributed by atoms with van der Waals surface area (Å²) in [6.45, 7) is 4.59. The number of esters is 1. The Morgan fingerprint density at radius 2 is 1.65 bits per heavy atom. The molecule has 1 amide bonds. The molecule has 0 spiro atoms. The van der Waals surface area contributed by atoms with Crippen LogP contribution in [0.25, 0.3) is 0 Å². The summed E-state index contributed by atoms with van der Waals surface area (Å²) in [5.41, 5.74) is 5.21. The Morgan fingerprint density at radius 3 is 2.32 bits per heavy atom. The Balaban J connectivity index is 1.52. The smallest absolute Gasteiger partial charge is 0.343 e. The normalized spacial score (nSPS) is 10.6. The molecule has 0 radical (unpaired) electrons. The molecule has 0 fully saturated rings. The standard InChI is InChI=1S/C25H24N2O4/c1-3-15-30-22-13-9-20(10-14-22)24(28)27-26-17-19-7-11-23(12-8-19)31-25(29)21-6-4-5-18(2)16-21/h4-14,16-17H,3,15H2,1-2H3,(H,27,28)/b26-17+. The number of carbonyl (C=O) groups is 2. The summed E-state index contributed by atoms with van der Waals surface area (Å²) in [4.78, 5) is 24.4. The molecule has 158 valence electrons. The van der Waals surface area contributed by atoms with Crippen LogP contribution in [-0.4, -0.2) is 24.7 Å². The fourth-order valence-corrected chi connectivity index (χ4v) is 2.71. The van der Waals surface area contributed by atoms with E-state index in [2.05, 4.69) is 10.5 Å². The van der Waals surface area contributed by atoms with E-state index in [-0.39, 0.29) is 5.91 Å². The number of benzene rings is 3. The molecule has 0 aliphatic carbocycles. The fraction of sp³-hybridized carbons (Fsp3) is 0.160. The van der Waals surface area contributed by atoms with Crippen molar-refractivity contribution in [3.63, 3.8) is 0 Å². The maximum absolute atomic E-state index is 12.2. The van der Waals surface area contributed by atoms with E-state index in [1.165, 1.54) is 6.21 Å². The van der Waals surface area contributed by atoms with Gasteiger partial charge in [-0.25, -0.2) is 10.2 Å². The number of hydrogen-bond donors (Lipinski definition) is 1. The fourth-order valence-electron chi connectivity index (χ4n) is 2.71. The number of nitrogens with zero attached hydrogens (tertiary/aromatic N) is 1. The van der Waals surface area contributed by atoms with Crippen molar-refractivity contribution in [2.45, 2.75) is 20.3 Å². The number of amides is 1. The molecule has 0 bridgehead atoms. The van der Waals surface area contributed by atoms with Crippen LogP contribution in [0, 0.1) is 6.92 Å². The first-order chi connectivity index (χ1) is 15.0. The van der Waals surface area contributed by atoms with Crippen molar-refractivity contribution >= 4 is 18.1 Å². The third-order valence-electron chi connectivity index (χ3n) is 4.31. The predicted octanol–water partition coefficient (Wildman–Crippen LogP) is 4.77. The monoisotopic (exact) mass is 416 g/mol. The lowest BCUT2D eigenvalue weighted by atomic mass is 10.1. The Kier molecular flexibility index (Phi) is 7.54. The van der Waals surface area contributed by atoms with Crippen LogP contribution in [-0.2, 0) is 0 Å². The van der Waals surface area contributed by atoms with E-state index in [0.29, 0.717) is 23.5 Å². The van der Waals surface area contributed by atoms with Crippen molar-refractivity contribution in [1.82, 2.24) is 5.43 Å². The van der Waals surface area contributed by atoms with E-state index >= 15 is 0 Å². The zero-order chi connectivity index (χ0) is 22.1. The lowest BCUT2D eigenvalue weighted by Crippen LogP contribution is -2.17. The maximum Gasteiger partial charge on any atom is 0.343 e. The van der Waals surface area contributed by atoms with Crippen LogP contribution in [0.2, 0.25) is 0 Å². The van der Waals surface area contributed by atoms with Gasteiger partial charge in [-0.1, -0.05) is 24.6 Å². The van der Waals surface area contributed by atoms with Crippen LogP contribution < -0.4 is 14.9 Å². The first kappa shape index (κ1) is 21.8. The predicted molar refractivity (Wildman–Crippen MR) is 120 cm³/mol. The van der Waals surface area contributed by atoms with Gasteiger partial charge >= 0.3 is 5.97 Å². The molecule has 0 saturated carbocycles. The van der Waals surface area contributed by atoms with Crippen molar-refractivity contribution < 1.29 is 19.1 Å². The summed E-state index contributed by atoms with van der Waals surface area (Å²) in [7, 11) is 0. The number of nitrogens with one attached hydrogen (secondary N) is 1. The van der Waals surface area contributed by atoms with E-state index in [4.69, 9.17) is 9.47 Å².